The maximum atomic E-state index is 13.3. The molecule has 0 radical (unpaired) electrons. The summed E-state index contributed by atoms with van der Waals surface area (Å²) < 4.78 is 7.11. The SMILES string of the molecule is COc1cccc(-n2c(=S)[nH]c3sc4c(c3c2=O)CCN(C(C)=O)C4)c1. The molecule has 0 unspecified atom stereocenters. The zero-order chi connectivity index (χ0) is 18.4. The highest BCUT2D eigenvalue weighted by molar-refractivity contribution is 7.71. The summed E-state index contributed by atoms with van der Waals surface area (Å²) in [6.45, 7) is 2.74. The number of carbonyl (C=O) groups is 1. The number of rotatable bonds is 2. The molecule has 0 atom stereocenters. The smallest absolute Gasteiger partial charge is 0.267 e. The van der Waals surface area contributed by atoms with Crippen molar-refractivity contribution in [3.63, 3.8) is 0 Å². The second-order valence-corrected chi connectivity index (χ2v) is 7.66. The molecule has 1 aromatic carbocycles. The minimum absolute atomic E-state index is 0.0508. The average Bonchev–Trinajstić information content (AvgIpc) is 2.99. The second-order valence-electron chi connectivity index (χ2n) is 6.17. The van der Waals surface area contributed by atoms with E-state index in [2.05, 4.69) is 4.98 Å². The Bertz CT molecular complexity index is 1140. The van der Waals surface area contributed by atoms with Gasteiger partial charge >= 0.3 is 0 Å². The Hall–Kier alpha value is -2.45. The van der Waals surface area contributed by atoms with Gasteiger partial charge < -0.3 is 14.6 Å². The Kier molecular flexibility index (Phi) is 4.16. The highest BCUT2D eigenvalue weighted by atomic mass is 32.1. The molecule has 0 spiro atoms. The number of nitrogens with zero attached hydrogens (tertiary/aromatic N) is 2. The lowest BCUT2D eigenvalue weighted by Gasteiger charge is -2.25. The molecule has 1 aliphatic heterocycles. The standard InChI is InChI=1S/C18H17N3O3S2/c1-10(22)20-7-6-13-14(9-20)26-16-15(13)17(23)21(18(25)19-16)11-4-3-5-12(8-11)24-2/h3-5,8H,6-7,9H2,1-2H3,(H,19,25). The van der Waals surface area contributed by atoms with Gasteiger partial charge in [-0.15, -0.1) is 11.3 Å². The van der Waals surface area contributed by atoms with Crippen LogP contribution >= 0.6 is 23.6 Å². The molecule has 0 aliphatic carbocycles. The van der Waals surface area contributed by atoms with Gasteiger partial charge in [0.2, 0.25) is 5.91 Å². The Morgan fingerprint density at radius 2 is 2.19 bits per heavy atom. The van der Waals surface area contributed by atoms with Crippen molar-refractivity contribution in [3.05, 3.63) is 49.8 Å². The maximum absolute atomic E-state index is 13.3. The van der Waals surface area contributed by atoms with Crippen molar-refractivity contribution in [3.8, 4) is 11.4 Å². The van der Waals surface area contributed by atoms with Crippen LogP contribution in [0, 0.1) is 4.77 Å². The first kappa shape index (κ1) is 17.0. The first-order valence-corrected chi connectivity index (χ1v) is 9.41. The molecule has 1 amide bonds. The predicted octanol–water partition coefficient (Wildman–Crippen LogP) is 3.02. The number of methoxy groups -OCH3 is 1. The van der Waals surface area contributed by atoms with Crippen molar-refractivity contribution in [2.75, 3.05) is 13.7 Å². The third-order valence-corrected chi connectivity index (χ3v) is 6.07. The van der Waals surface area contributed by atoms with Crippen LogP contribution in [0.1, 0.15) is 17.4 Å². The van der Waals surface area contributed by atoms with Crippen molar-refractivity contribution in [2.24, 2.45) is 0 Å². The van der Waals surface area contributed by atoms with E-state index in [9.17, 15) is 9.59 Å². The van der Waals surface area contributed by atoms with Crippen molar-refractivity contribution >= 4 is 39.7 Å². The minimum atomic E-state index is -0.134. The van der Waals surface area contributed by atoms with E-state index in [0.717, 1.165) is 15.3 Å². The summed E-state index contributed by atoms with van der Waals surface area (Å²) in [5.74, 6) is 0.711. The summed E-state index contributed by atoms with van der Waals surface area (Å²) in [6, 6.07) is 7.26. The van der Waals surface area contributed by atoms with E-state index in [-0.39, 0.29) is 11.5 Å². The largest absolute Gasteiger partial charge is 0.497 e. The van der Waals surface area contributed by atoms with Crippen LogP contribution in [0.4, 0.5) is 0 Å². The van der Waals surface area contributed by atoms with E-state index in [1.165, 1.54) is 15.9 Å². The number of aromatic nitrogens is 2. The fraction of sp³-hybridized carbons (Fsp3) is 0.278. The average molecular weight is 387 g/mol. The van der Waals surface area contributed by atoms with E-state index in [4.69, 9.17) is 17.0 Å². The summed E-state index contributed by atoms with van der Waals surface area (Å²) in [7, 11) is 1.59. The topological polar surface area (TPSA) is 67.3 Å². The first-order valence-electron chi connectivity index (χ1n) is 8.19. The summed E-state index contributed by atoms with van der Waals surface area (Å²) >= 11 is 6.95. The Labute approximate surface area is 158 Å². The number of thiophene rings is 1. The Balaban J connectivity index is 1.93. The predicted molar refractivity (Wildman–Crippen MR) is 104 cm³/mol. The van der Waals surface area contributed by atoms with Gasteiger partial charge in [0.15, 0.2) is 4.77 Å². The molecule has 0 bridgehead atoms. The lowest BCUT2D eigenvalue weighted by molar-refractivity contribution is -0.129. The summed E-state index contributed by atoms with van der Waals surface area (Å²) in [4.78, 5) is 31.7. The molecule has 26 heavy (non-hydrogen) atoms. The highest BCUT2D eigenvalue weighted by Gasteiger charge is 2.25. The van der Waals surface area contributed by atoms with Crippen LogP contribution < -0.4 is 10.3 Å². The number of benzene rings is 1. The van der Waals surface area contributed by atoms with E-state index in [1.807, 2.05) is 18.2 Å². The third kappa shape index (κ3) is 2.65. The zero-order valence-electron chi connectivity index (χ0n) is 14.4. The van der Waals surface area contributed by atoms with Gasteiger partial charge in [-0.3, -0.25) is 14.2 Å². The molecular weight excluding hydrogens is 370 g/mol. The van der Waals surface area contributed by atoms with E-state index >= 15 is 0 Å². The van der Waals surface area contributed by atoms with Crippen LogP contribution in [0.3, 0.4) is 0 Å². The lowest BCUT2D eigenvalue weighted by atomic mass is 10.1. The number of ether oxygens (including phenoxy) is 1. The van der Waals surface area contributed by atoms with Crippen LogP contribution in [0.2, 0.25) is 0 Å². The maximum Gasteiger partial charge on any atom is 0.267 e. The molecule has 6 nitrogen and oxygen atoms in total. The molecule has 0 fully saturated rings. The van der Waals surface area contributed by atoms with Gasteiger partial charge in [0.1, 0.15) is 10.6 Å². The number of H-pyrrole nitrogens is 1. The number of aromatic amines is 1. The van der Waals surface area contributed by atoms with Gasteiger partial charge in [-0.1, -0.05) is 6.07 Å². The first-order chi connectivity index (χ1) is 12.5. The van der Waals surface area contributed by atoms with Crippen molar-refractivity contribution in [1.82, 2.24) is 14.5 Å². The summed E-state index contributed by atoms with van der Waals surface area (Å²) in [5.41, 5.74) is 1.56. The minimum Gasteiger partial charge on any atom is -0.497 e. The molecule has 4 rings (SSSR count). The molecule has 2 aromatic heterocycles. The molecule has 1 N–H and O–H groups in total. The molecule has 3 aromatic rings. The summed E-state index contributed by atoms with van der Waals surface area (Å²) in [5, 5.41) is 0.671. The normalized spacial score (nSPS) is 13.7. The molecule has 1 aliphatic rings. The monoisotopic (exact) mass is 387 g/mol. The molecule has 0 saturated heterocycles. The molecule has 0 saturated carbocycles. The van der Waals surface area contributed by atoms with Crippen LogP contribution in [-0.2, 0) is 17.8 Å². The van der Waals surface area contributed by atoms with Crippen LogP contribution in [0.25, 0.3) is 15.9 Å². The summed E-state index contributed by atoms with van der Waals surface area (Å²) in [6.07, 6.45) is 0.673. The molecule has 134 valence electrons. The fourth-order valence-electron chi connectivity index (χ4n) is 3.33. The highest BCUT2D eigenvalue weighted by Crippen LogP contribution is 2.32. The molecule has 8 heteroatoms. The number of nitrogens with one attached hydrogen (secondary N) is 1. The van der Waals surface area contributed by atoms with E-state index < -0.39 is 0 Å². The molecule has 3 heterocycles. The van der Waals surface area contributed by atoms with Gasteiger partial charge in [-0.25, -0.2) is 0 Å². The number of hydrogen-bond acceptors (Lipinski definition) is 5. The van der Waals surface area contributed by atoms with E-state index in [1.54, 1.807) is 25.0 Å². The number of carbonyl (C=O) groups excluding carboxylic acids is 1. The van der Waals surface area contributed by atoms with Gasteiger partial charge in [-0.2, -0.15) is 0 Å². The number of hydrogen-bond donors (Lipinski definition) is 1. The van der Waals surface area contributed by atoms with Crippen LogP contribution in [-0.4, -0.2) is 34.0 Å². The van der Waals surface area contributed by atoms with Crippen molar-refractivity contribution in [1.29, 1.82) is 0 Å². The Morgan fingerprint density at radius 1 is 1.38 bits per heavy atom. The lowest BCUT2D eigenvalue weighted by Crippen LogP contribution is -2.33. The van der Waals surface area contributed by atoms with Gasteiger partial charge in [0.25, 0.3) is 5.56 Å². The van der Waals surface area contributed by atoms with E-state index in [0.29, 0.717) is 41.1 Å². The zero-order valence-corrected chi connectivity index (χ0v) is 16.0. The number of amides is 1. The molecular formula is C18H17N3O3S2. The van der Waals surface area contributed by atoms with Crippen molar-refractivity contribution in [2.45, 2.75) is 19.9 Å². The van der Waals surface area contributed by atoms with Crippen LogP contribution in [0.5, 0.6) is 5.75 Å². The van der Waals surface area contributed by atoms with Crippen molar-refractivity contribution < 1.29 is 9.53 Å². The Morgan fingerprint density at radius 3 is 2.92 bits per heavy atom. The quantitative estimate of drug-likeness (QED) is 0.687. The second kappa shape index (κ2) is 6.37. The van der Waals surface area contributed by atoms with Gasteiger partial charge in [-0.05, 0) is 36.3 Å². The number of fused-ring (bicyclic) bond motifs is 3. The van der Waals surface area contributed by atoms with Gasteiger partial charge in [0, 0.05) is 24.4 Å². The van der Waals surface area contributed by atoms with Crippen LogP contribution in [0.15, 0.2) is 29.1 Å². The van der Waals surface area contributed by atoms with Gasteiger partial charge in [0.05, 0.1) is 24.7 Å². The third-order valence-electron chi connectivity index (χ3n) is 4.65. The fourth-order valence-corrected chi connectivity index (χ4v) is 4.94.